The number of hydrogen-bond acceptors (Lipinski definition) is 1. The number of hydrogen-bond donors (Lipinski definition) is 1. The van der Waals surface area contributed by atoms with Gasteiger partial charge in [0, 0.05) is 5.56 Å². The van der Waals surface area contributed by atoms with Crippen molar-refractivity contribution < 1.29 is 5.11 Å². The first-order chi connectivity index (χ1) is 5.74. The van der Waals surface area contributed by atoms with Crippen molar-refractivity contribution in [3.63, 3.8) is 0 Å². The lowest BCUT2D eigenvalue weighted by atomic mass is 10.1. The monoisotopic (exact) mass is 224 g/mol. The normalized spacial score (nSPS) is 8.83. The van der Waals surface area contributed by atoms with Gasteiger partial charge < -0.3 is 5.11 Å². The third-order valence-electron chi connectivity index (χ3n) is 1.51. The van der Waals surface area contributed by atoms with E-state index in [9.17, 15) is 0 Å². The second-order valence-electron chi connectivity index (χ2n) is 2.43. The Hall–Kier alpha value is -0.940. The summed E-state index contributed by atoms with van der Waals surface area (Å²) in [6.45, 7) is 1.97. The molecule has 0 saturated carbocycles. The first kappa shape index (κ1) is 9.15. The molecule has 0 aliphatic heterocycles. The van der Waals surface area contributed by atoms with Crippen LogP contribution in [0.1, 0.15) is 11.1 Å². The molecule has 62 valence electrons. The number of alkyl halides is 1. The maximum absolute atomic E-state index is 9.16. The van der Waals surface area contributed by atoms with Crippen molar-refractivity contribution in [2.75, 3.05) is 5.33 Å². The summed E-state index contributed by atoms with van der Waals surface area (Å²) in [6, 6.07) is 5.19. The van der Waals surface area contributed by atoms with Gasteiger partial charge in [-0.2, -0.15) is 0 Å². The average molecular weight is 225 g/mol. The van der Waals surface area contributed by atoms with Gasteiger partial charge in [0.2, 0.25) is 0 Å². The Labute approximate surface area is 80.6 Å². The number of aromatic hydroxyl groups is 1. The van der Waals surface area contributed by atoms with Crippen molar-refractivity contribution in [3.05, 3.63) is 29.3 Å². The van der Waals surface area contributed by atoms with Crippen LogP contribution in [-0.2, 0) is 0 Å². The van der Waals surface area contributed by atoms with Gasteiger partial charge in [0.05, 0.1) is 5.33 Å². The Balaban J connectivity index is 3.05. The highest BCUT2D eigenvalue weighted by atomic mass is 79.9. The van der Waals surface area contributed by atoms with Crippen LogP contribution in [-0.4, -0.2) is 10.4 Å². The number of rotatable bonds is 0. The molecule has 0 heterocycles. The van der Waals surface area contributed by atoms with E-state index in [1.54, 1.807) is 12.1 Å². The number of phenols is 1. The highest BCUT2D eigenvalue weighted by molar-refractivity contribution is 9.09. The molecule has 0 amide bonds. The van der Waals surface area contributed by atoms with Gasteiger partial charge in [-0.1, -0.05) is 33.8 Å². The molecule has 1 aromatic rings. The van der Waals surface area contributed by atoms with Crippen LogP contribution in [0.4, 0.5) is 0 Å². The molecule has 1 N–H and O–H groups in total. The maximum atomic E-state index is 9.16. The van der Waals surface area contributed by atoms with Crippen LogP contribution in [0.25, 0.3) is 0 Å². The molecule has 0 fully saturated rings. The lowest BCUT2D eigenvalue weighted by Gasteiger charge is -1.97. The lowest BCUT2D eigenvalue weighted by Crippen LogP contribution is -1.80. The van der Waals surface area contributed by atoms with Crippen LogP contribution in [0.5, 0.6) is 5.75 Å². The fraction of sp³-hybridized carbons (Fsp3) is 0.200. The van der Waals surface area contributed by atoms with E-state index in [-0.39, 0.29) is 5.75 Å². The highest BCUT2D eigenvalue weighted by Gasteiger charge is 1.94. The van der Waals surface area contributed by atoms with Gasteiger partial charge >= 0.3 is 0 Å². The third-order valence-corrected chi connectivity index (χ3v) is 1.79. The van der Waals surface area contributed by atoms with Gasteiger partial charge in [-0.05, 0) is 24.6 Å². The van der Waals surface area contributed by atoms with Gasteiger partial charge in [0.25, 0.3) is 0 Å². The Morgan fingerprint density at radius 3 is 2.92 bits per heavy atom. The van der Waals surface area contributed by atoms with Gasteiger partial charge in [-0.3, -0.25) is 0 Å². The van der Waals surface area contributed by atoms with Crippen LogP contribution in [0.15, 0.2) is 18.2 Å². The van der Waals surface area contributed by atoms with Gasteiger partial charge in [-0.15, -0.1) is 0 Å². The molecule has 1 nitrogen and oxygen atoms in total. The van der Waals surface area contributed by atoms with Gasteiger partial charge in [-0.25, -0.2) is 0 Å². The summed E-state index contributed by atoms with van der Waals surface area (Å²) in [5.74, 6) is 6.10. The molecule has 0 atom stereocenters. The zero-order valence-electron chi connectivity index (χ0n) is 6.76. The topological polar surface area (TPSA) is 20.2 Å². The molecule has 0 spiro atoms. The third kappa shape index (κ3) is 2.28. The quantitative estimate of drug-likeness (QED) is 0.531. The maximum Gasteiger partial charge on any atom is 0.116 e. The summed E-state index contributed by atoms with van der Waals surface area (Å²) >= 11 is 3.21. The van der Waals surface area contributed by atoms with Crippen molar-refractivity contribution in [1.29, 1.82) is 0 Å². The minimum atomic E-state index is 0.263. The van der Waals surface area contributed by atoms with Crippen LogP contribution < -0.4 is 0 Å². The minimum absolute atomic E-state index is 0.263. The molecule has 0 aliphatic carbocycles. The molecule has 0 radical (unpaired) electrons. The molecule has 0 bridgehead atoms. The van der Waals surface area contributed by atoms with Crippen LogP contribution in [0, 0.1) is 18.8 Å². The van der Waals surface area contributed by atoms with E-state index in [4.69, 9.17) is 5.11 Å². The molecule has 0 saturated heterocycles. The predicted octanol–water partition coefficient (Wildman–Crippen LogP) is 2.45. The fourth-order valence-corrected chi connectivity index (χ4v) is 1.01. The number of phenolic OH excluding ortho intramolecular Hbond substituents is 1. The van der Waals surface area contributed by atoms with Crippen molar-refractivity contribution >= 4 is 15.9 Å². The number of benzene rings is 1. The van der Waals surface area contributed by atoms with Crippen molar-refractivity contribution in [3.8, 4) is 17.6 Å². The predicted molar refractivity (Wildman–Crippen MR) is 53.5 cm³/mol. The van der Waals surface area contributed by atoms with E-state index in [0.717, 1.165) is 11.1 Å². The minimum Gasteiger partial charge on any atom is -0.508 e. The SMILES string of the molecule is Cc1ccc(O)cc1C#CCBr. The smallest absolute Gasteiger partial charge is 0.116 e. The average Bonchev–Trinajstić information content (AvgIpc) is 2.07. The molecular weight excluding hydrogens is 216 g/mol. The molecule has 0 aromatic heterocycles. The van der Waals surface area contributed by atoms with Crippen LogP contribution in [0.3, 0.4) is 0 Å². The molecular formula is C10H9BrO. The van der Waals surface area contributed by atoms with Crippen LogP contribution in [0.2, 0.25) is 0 Å². The molecule has 1 rings (SSSR count). The van der Waals surface area contributed by atoms with E-state index in [1.807, 2.05) is 13.0 Å². The van der Waals surface area contributed by atoms with Crippen molar-refractivity contribution in [2.24, 2.45) is 0 Å². The Kier molecular flexibility index (Phi) is 3.19. The molecule has 0 unspecified atom stereocenters. The number of aryl methyl sites for hydroxylation is 1. The summed E-state index contributed by atoms with van der Waals surface area (Å²) in [6.07, 6.45) is 0. The first-order valence-electron chi connectivity index (χ1n) is 3.58. The fourth-order valence-electron chi connectivity index (χ4n) is 0.873. The van der Waals surface area contributed by atoms with Crippen molar-refractivity contribution in [2.45, 2.75) is 6.92 Å². The first-order valence-corrected chi connectivity index (χ1v) is 4.70. The lowest BCUT2D eigenvalue weighted by molar-refractivity contribution is 0.475. The van der Waals surface area contributed by atoms with Gasteiger partial charge in [0.1, 0.15) is 5.75 Å². The van der Waals surface area contributed by atoms with Crippen molar-refractivity contribution in [1.82, 2.24) is 0 Å². The Morgan fingerprint density at radius 1 is 1.50 bits per heavy atom. The second kappa shape index (κ2) is 4.18. The van der Waals surface area contributed by atoms with E-state index >= 15 is 0 Å². The summed E-state index contributed by atoms with van der Waals surface area (Å²) < 4.78 is 0. The van der Waals surface area contributed by atoms with E-state index < -0.39 is 0 Å². The molecule has 12 heavy (non-hydrogen) atoms. The van der Waals surface area contributed by atoms with Crippen LogP contribution >= 0.6 is 15.9 Å². The standard InChI is InChI=1S/C10H9BrO/c1-8-4-5-10(12)7-9(8)3-2-6-11/h4-5,7,12H,6H2,1H3. The second-order valence-corrected chi connectivity index (χ2v) is 3.00. The highest BCUT2D eigenvalue weighted by Crippen LogP contribution is 2.14. The number of halogens is 1. The van der Waals surface area contributed by atoms with E-state index in [2.05, 4.69) is 27.8 Å². The summed E-state index contributed by atoms with van der Waals surface area (Å²) in [5.41, 5.74) is 1.97. The molecule has 2 heteroatoms. The van der Waals surface area contributed by atoms with E-state index in [1.165, 1.54) is 0 Å². The summed E-state index contributed by atoms with van der Waals surface area (Å²) in [5, 5.41) is 9.81. The Bertz CT molecular complexity index is 333. The molecule has 0 aliphatic rings. The summed E-state index contributed by atoms with van der Waals surface area (Å²) in [7, 11) is 0. The van der Waals surface area contributed by atoms with E-state index in [0.29, 0.717) is 5.33 Å². The zero-order chi connectivity index (χ0) is 8.97. The molecule has 1 aromatic carbocycles. The van der Waals surface area contributed by atoms with Gasteiger partial charge in [0.15, 0.2) is 0 Å². The largest absolute Gasteiger partial charge is 0.508 e. The summed E-state index contributed by atoms with van der Waals surface area (Å²) in [4.78, 5) is 0. The Morgan fingerprint density at radius 2 is 2.25 bits per heavy atom. The zero-order valence-corrected chi connectivity index (χ0v) is 8.35.